The summed E-state index contributed by atoms with van der Waals surface area (Å²) in [5.74, 6) is 0. The van der Waals surface area contributed by atoms with Crippen molar-refractivity contribution >= 4 is 11.0 Å². The topological polar surface area (TPSA) is 35.6 Å². The summed E-state index contributed by atoms with van der Waals surface area (Å²) in [7, 11) is 2.07. The minimum absolute atomic E-state index is 0.591. The number of hydrogen-bond donors (Lipinski definition) is 0. The van der Waals surface area contributed by atoms with Crippen molar-refractivity contribution in [1.82, 2.24) is 19.3 Å². The molecule has 0 amide bonds. The van der Waals surface area contributed by atoms with E-state index in [0.29, 0.717) is 6.04 Å². The Hall–Kier alpha value is -2.10. The quantitative estimate of drug-likeness (QED) is 0.729. The number of aromatic nitrogens is 4. The number of nitrogens with zero attached hydrogens (tertiary/aromatic N) is 4. The monoisotopic (exact) mass is 266 g/mol. The van der Waals surface area contributed by atoms with Crippen LogP contribution in [-0.2, 0) is 13.5 Å². The SMILES string of the molecule is CCc1nc2ccn(C)c2cc1-c1ccnn1C1CC1. The fourth-order valence-electron chi connectivity index (χ4n) is 2.85. The van der Waals surface area contributed by atoms with E-state index in [9.17, 15) is 0 Å². The molecule has 102 valence electrons. The first-order valence-corrected chi connectivity index (χ1v) is 7.26. The number of pyridine rings is 1. The molecule has 0 unspecified atom stereocenters. The maximum Gasteiger partial charge on any atom is 0.0884 e. The lowest BCUT2D eigenvalue weighted by Crippen LogP contribution is -2.02. The highest BCUT2D eigenvalue weighted by Crippen LogP contribution is 2.38. The third kappa shape index (κ3) is 1.68. The predicted octanol–water partition coefficient (Wildman–Crippen LogP) is 3.33. The summed E-state index contributed by atoms with van der Waals surface area (Å²) < 4.78 is 4.30. The van der Waals surface area contributed by atoms with Crippen molar-refractivity contribution in [3.05, 3.63) is 36.3 Å². The molecule has 0 radical (unpaired) electrons. The van der Waals surface area contributed by atoms with Crippen LogP contribution in [0.25, 0.3) is 22.3 Å². The minimum atomic E-state index is 0.591. The second-order valence-electron chi connectivity index (χ2n) is 5.56. The molecule has 3 heterocycles. The van der Waals surface area contributed by atoms with Gasteiger partial charge >= 0.3 is 0 Å². The van der Waals surface area contributed by atoms with Crippen molar-refractivity contribution in [3.63, 3.8) is 0 Å². The zero-order chi connectivity index (χ0) is 13.7. The van der Waals surface area contributed by atoms with Gasteiger partial charge in [0.15, 0.2) is 0 Å². The Morgan fingerprint density at radius 3 is 2.90 bits per heavy atom. The molecule has 0 atom stereocenters. The van der Waals surface area contributed by atoms with Crippen molar-refractivity contribution in [2.75, 3.05) is 0 Å². The van der Waals surface area contributed by atoms with Gasteiger partial charge in [-0.25, -0.2) is 0 Å². The molecule has 4 nitrogen and oxygen atoms in total. The molecule has 0 spiro atoms. The van der Waals surface area contributed by atoms with Crippen LogP contribution in [0.15, 0.2) is 30.6 Å². The van der Waals surface area contributed by atoms with Crippen molar-refractivity contribution in [2.45, 2.75) is 32.2 Å². The fraction of sp³-hybridized carbons (Fsp3) is 0.375. The van der Waals surface area contributed by atoms with E-state index in [2.05, 4.69) is 52.7 Å². The second-order valence-corrected chi connectivity index (χ2v) is 5.56. The molecule has 1 fully saturated rings. The first-order valence-electron chi connectivity index (χ1n) is 7.26. The van der Waals surface area contributed by atoms with Crippen LogP contribution in [-0.4, -0.2) is 19.3 Å². The number of aryl methyl sites for hydroxylation is 2. The largest absolute Gasteiger partial charge is 0.349 e. The highest BCUT2D eigenvalue weighted by Gasteiger charge is 2.27. The molecule has 1 saturated carbocycles. The predicted molar refractivity (Wildman–Crippen MR) is 79.6 cm³/mol. The van der Waals surface area contributed by atoms with Crippen LogP contribution in [0.3, 0.4) is 0 Å². The third-order valence-electron chi connectivity index (χ3n) is 4.12. The van der Waals surface area contributed by atoms with Gasteiger partial charge in [0.05, 0.1) is 28.5 Å². The highest BCUT2D eigenvalue weighted by molar-refractivity contribution is 5.82. The molecule has 3 aromatic rings. The van der Waals surface area contributed by atoms with Crippen LogP contribution in [0.2, 0.25) is 0 Å². The zero-order valence-corrected chi connectivity index (χ0v) is 11.9. The molecule has 0 aromatic carbocycles. The van der Waals surface area contributed by atoms with Gasteiger partial charge < -0.3 is 4.57 Å². The van der Waals surface area contributed by atoms with Gasteiger partial charge in [-0.3, -0.25) is 9.67 Å². The molecule has 20 heavy (non-hydrogen) atoms. The Balaban J connectivity index is 1.96. The van der Waals surface area contributed by atoms with Crippen molar-refractivity contribution in [3.8, 4) is 11.3 Å². The summed E-state index contributed by atoms with van der Waals surface area (Å²) in [6.07, 6.45) is 7.41. The highest BCUT2D eigenvalue weighted by atomic mass is 15.3. The smallest absolute Gasteiger partial charge is 0.0884 e. The molecule has 1 aliphatic carbocycles. The van der Waals surface area contributed by atoms with E-state index in [1.165, 1.54) is 29.6 Å². The molecule has 4 heteroatoms. The molecule has 0 saturated heterocycles. The average Bonchev–Trinajstić information content (AvgIpc) is 3.09. The lowest BCUT2D eigenvalue weighted by Gasteiger charge is -2.11. The van der Waals surface area contributed by atoms with E-state index in [1.807, 2.05) is 6.20 Å². The lowest BCUT2D eigenvalue weighted by molar-refractivity contribution is 0.648. The summed E-state index contributed by atoms with van der Waals surface area (Å²) >= 11 is 0. The van der Waals surface area contributed by atoms with Gasteiger partial charge in [0.2, 0.25) is 0 Å². The minimum Gasteiger partial charge on any atom is -0.349 e. The maximum absolute atomic E-state index is 4.83. The van der Waals surface area contributed by atoms with E-state index in [-0.39, 0.29) is 0 Å². The van der Waals surface area contributed by atoms with E-state index in [1.54, 1.807) is 0 Å². The number of fused-ring (bicyclic) bond motifs is 1. The Bertz CT molecular complexity index is 777. The van der Waals surface area contributed by atoms with Crippen LogP contribution in [0.4, 0.5) is 0 Å². The molecule has 0 N–H and O–H groups in total. The van der Waals surface area contributed by atoms with E-state index < -0.39 is 0 Å². The summed E-state index contributed by atoms with van der Waals surface area (Å²) in [4.78, 5) is 4.83. The van der Waals surface area contributed by atoms with Crippen molar-refractivity contribution in [1.29, 1.82) is 0 Å². The van der Waals surface area contributed by atoms with Crippen LogP contribution in [0.5, 0.6) is 0 Å². The standard InChI is InChI=1S/C16H18N4/c1-3-13-12(10-16-14(18-13)7-9-19(16)2)15-6-8-17-20(15)11-4-5-11/h6-11H,3-5H2,1-2H3. The van der Waals surface area contributed by atoms with Gasteiger partial charge in [-0.05, 0) is 37.5 Å². The summed E-state index contributed by atoms with van der Waals surface area (Å²) in [5, 5.41) is 4.50. The lowest BCUT2D eigenvalue weighted by atomic mass is 10.1. The summed E-state index contributed by atoms with van der Waals surface area (Å²) in [6.45, 7) is 2.17. The van der Waals surface area contributed by atoms with Crippen LogP contribution in [0.1, 0.15) is 31.5 Å². The van der Waals surface area contributed by atoms with Crippen LogP contribution < -0.4 is 0 Å². The summed E-state index contributed by atoms with van der Waals surface area (Å²) in [5.41, 5.74) is 5.85. The Kier molecular flexibility index (Phi) is 2.46. The average molecular weight is 266 g/mol. The van der Waals surface area contributed by atoms with Crippen LogP contribution in [0, 0.1) is 0 Å². The molecule has 1 aliphatic rings. The van der Waals surface area contributed by atoms with Gasteiger partial charge in [-0.2, -0.15) is 5.10 Å². The molecule has 0 bridgehead atoms. The zero-order valence-electron chi connectivity index (χ0n) is 11.9. The molecule has 0 aliphatic heterocycles. The third-order valence-corrected chi connectivity index (χ3v) is 4.12. The first kappa shape index (κ1) is 11.7. The maximum atomic E-state index is 4.83. The van der Waals surface area contributed by atoms with Gasteiger partial charge in [0.1, 0.15) is 0 Å². The molecular formula is C16H18N4. The molecular weight excluding hydrogens is 248 g/mol. The Morgan fingerprint density at radius 2 is 2.15 bits per heavy atom. The molecule has 3 aromatic heterocycles. The normalized spacial score (nSPS) is 15.1. The second kappa shape index (κ2) is 4.20. The Morgan fingerprint density at radius 1 is 1.30 bits per heavy atom. The van der Waals surface area contributed by atoms with E-state index in [4.69, 9.17) is 4.98 Å². The number of hydrogen-bond acceptors (Lipinski definition) is 2. The molecule has 4 rings (SSSR count). The van der Waals surface area contributed by atoms with Gasteiger partial charge in [-0.1, -0.05) is 6.92 Å². The van der Waals surface area contributed by atoms with Gasteiger partial charge in [0.25, 0.3) is 0 Å². The van der Waals surface area contributed by atoms with E-state index >= 15 is 0 Å². The van der Waals surface area contributed by atoms with Crippen LogP contribution >= 0.6 is 0 Å². The van der Waals surface area contributed by atoms with Gasteiger partial charge in [0, 0.05) is 25.0 Å². The Labute approximate surface area is 118 Å². The fourth-order valence-corrected chi connectivity index (χ4v) is 2.85. The summed E-state index contributed by atoms with van der Waals surface area (Å²) in [6, 6.07) is 7.05. The van der Waals surface area contributed by atoms with Crippen molar-refractivity contribution in [2.24, 2.45) is 7.05 Å². The van der Waals surface area contributed by atoms with E-state index in [0.717, 1.165) is 17.6 Å². The number of rotatable bonds is 3. The van der Waals surface area contributed by atoms with Crippen molar-refractivity contribution < 1.29 is 0 Å². The van der Waals surface area contributed by atoms with Gasteiger partial charge in [-0.15, -0.1) is 0 Å². The first-order chi connectivity index (χ1) is 9.78.